The summed E-state index contributed by atoms with van der Waals surface area (Å²) in [5.41, 5.74) is 0. The number of allylic oxidation sites excluding steroid dienone is 5. The standard InChI is InChI=1S/C42H76O14P2/c1-3-5-7-9-11-12-13-14-15-16-17-18-19-23-28-32-42(45)55-38(36-54-58(49,50)53-34-37(43)33-52-57(46,47)48)35-51-41(44)31-27-24-20-22-26-30-40-39(56-40)29-25-21-10-8-6-4-2/h12-15,21,25,37-40,43H,3-11,16-20,22-24,26-36H2,1-2H3,(H,49,50)(H2,46,47,48)/b13-12-,15-14-,25-21-/t37-,38+,39?,40?/m0/s1. The van der Waals surface area contributed by atoms with E-state index in [2.05, 4.69) is 59.4 Å². The van der Waals surface area contributed by atoms with Crippen LogP contribution in [-0.2, 0) is 46.5 Å². The van der Waals surface area contributed by atoms with Crippen LogP contribution in [0.1, 0.15) is 168 Å². The van der Waals surface area contributed by atoms with Gasteiger partial charge < -0.3 is 34.0 Å². The molecule has 16 heteroatoms. The molecule has 338 valence electrons. The lowest BCUT2D eigenvalue weighted by Gasteiger charge is -2.20. The number of rotatable bonds is 40. The van der Waals surface area contributed by atoms with Gasteiger partial charge in [-0.15, -0.1) is 0 Å². The van der Waals surface area contributed by atoms with Crippen molar-refractivity contribution < 1.29 is 66.3 Å². The summed E-state index contributed by atoms with van der Waals surface area (Å²) in [5, 5.41) is 9.75. The number of unbranched alkanes of at least 4 members (excludes halogenated alkanes) is 16. The van der Waals surface area contributed by atoms with Crippen molar-refractivity contribution in [3.63, 3.8) is 0 Å². The minimum Gasteiger partial charge on any atom is -0.462 e. The molecular formula is C42H76O14P2. The molecule has 1 aliphatic rings. The minimum absolute atomic E-state index is 0.107. The van der Waals surface area contributed by atoms with E-state index in [4.69, 9.17) is 28.5 Å². The van der Waals surface area contributed by atoms with Crippen LogP contribution in [0, 0.1) is 0 Å². The van der Waals surface area contributed by atoms with Gasteiger partial charge in [0, 0.05) is 12.8 Å². The highest BCUT2D eigenvalue weighted by Gasteiger charge is 2.36. The fourth-order valence-corrected chi connectivity index (χ4v) is 7.15. The largest absolute Gasteiger partial charge is 0.472 e. The smallest absolute Gasteiger partial charge is 0.462 e. The number of ether oxygens (including phenoxy) is 3. The second-order valence-electron chi connectivity index (χ2n) is 15.0. The van der Waals surface area contributed by atoms with Crippen LogP contribution in [0.3, 0.4) is 0 Å². The van der Waals surface area contributed by atoms with Crippen molar-refractivity contribution in [3.05, 3.63) is 36.5 Å². The van der Waals surface area contributed by atoms with E-state index in [0.29, 0.717) is 25.0 Å². The second-order valence-corrected chi connectivity index (χ2v) is 17.7. The lowest BCUT2D eigenvalue weighted by atomic mass is 10.1. The topological polar surface area (TPSA) is 208 Å². The van der Waals surface area contributed by atoms with E-state index in [1.807, 2.05) is 0 Å². The average Bonchev–Trinajstić information content (AvgIpc) is 3.94. The molecule has 0 aromatic heterocycles. The van der Waals surface area contributed by atoms with Crippen LogP contribution in [0.5, 0.6) is 0 Å². The summed E-state index contributed by atoms with van der Waals surface area (Å²) in [7, 11) is -9.68. The van der Waals surface area contributed by atoms with Crippen LogP contribution in [0.15, 0.2) is 36.5 Å². The number of aliphatic hydroxyl groups is 1. The summed E-state index contributed by atoms with van der Waals surface area (Å²) in [4.78, 5) is 52.7. The van der Waals surface area contributed by atoms with Crippen LogP contribution in [0.2, 0.25) is 0 Å². The Balaban J connectivity index is 2.38. The predicted molar refractivity (Wildman–Crippen MR) is 225 cm³/mol. The van der Waals surface area contributed by atoms with E-state index in [1.54, 1.807) is 0 Å². The van der Waals surface area contributed by atoms with Gasteiger partial charge in [-0.05, 0) is 64.2 Å². The molecule has 1 heterocycles. The van der Waals surface area contributed by atoms with Gasteiger partial charge in [0.1, 0.15) is 12.7 Å². The number of phosphoric acid groups is 2. The normalized spacial score (nSPS) is 17.9. The molecule has 4 N–H and O–H groups in total. The van der Waals surface area contributed by atoms with Gasteiger partial charge in [-0.25, -0.2) is 9.13 Å². The van der Waals surface area contributed by atoms with Crippen molar-refractivity contribution in [1.29, 1.82) is 0 Å². The van der Waals surface area contributed by atoms with Crippen molar-refractivity contribution in [1.82, 2.24) is 0 Å². The first kappa shape index (κ1) is 54.3. The number of hydrogen-bond donors (Lipinski definition) is 4. The average molecular weight is 867 g/mol. The summed E-state index contributed by atoms with van der Waals surface area (Å²) >= 11 is 0. The minimum atomic E-state index is -4.87. The van der Waals surface area contributed by atoms with E-state index in [9.17, 15) is 28.7 Å². The Kier molecular flexibility index (Phi) is 32.7. The van der Waals surface area contributed by atoms with Gasteiger partial charge in [0.15, 0.2) is 6.10 Å². The zero-order valence-corrected chi connectivity index (χ0v) is 37.1. The van der Waals surface area contributed by atoms with Crippen molar-refractivity contribution in [3.8, 4) is 0 Å². The lowest BCUT2D eigenvalue weighted by molar-refractivity contribution is -0.161. The number of aliphatic hydroxyl groups excluding tert-OH is 1. The third-order valence-electron chi connectivity index (χ3n) is 9.44. The van der Waals surface area contributed by atoms with E-state index in [0.717, 1.165) is 83.5 Å². The SMILES string of the molecule is CCCCC/C=C\CC1OC1CCCCCCCC(=O)OC[C@H](COP(=O)(O)OC[C@@H](O)COP(=O)(O)O)OC(=O)CCCCCCC/C=C\C=C/CCCCCC. The lowest BCUT2D eigenvalue weighted by Crippen LogP contribution is -2.30. The predicted octanol–water partition coefficient (Wildman–Crippen LogP) is 9.88. The second kappa shape index (κ2) is 35.0. The van der Waals surface area contributed by atoms with Crippen LogP contribution in [0.25, 0.3) is 0 Å². The monoisotopic (exact) mass is 866 g/mol. The summed E-state index contributed by atoms with van der Waals surface area (Å²) in [5.74, 6) is -1.07. The zero-order valence-electron chi connectivity index (χ0n) is 35.3. The molecule has 0 amide bonds. The maximum atomic E-state index is 12.7. The molecule has 0 radical (unpaired) electrons. The summed E-state index contributed by atoms with van der Waals surface area (Å²) in [6.45, 7) is 1.67. The molecular weight excluding hydrogens is 790 g/mol. The molecule has 1 fully saturated rings. The third kappa shape index (κ3) is 35.1. The number of phosphoric ester groups is 2. The fourth-order valence-electron chi connectivity index (χ4n) is 5.99. The Labute approximate surface area is 348 Å². The van der Waals surface area contributed by atoms with Crippen molar-refractivity contribution in [2.24, 2.45) is 0 Å². The maximum absolute atomic E-state index is 12.7. The van der Waals surface area contributed by atoms with Gasteiger partial charge in [-0.2, -0.15) is 0 Å². The first-order valence-electron chi connectivity index (χ1n) is 21.8. The highest BCUT2D eigenvalue weighted by Crippen LogP contribution is 2.44. The molecule has 1 rings (SSSR count). The Morgan fingerprint density at radius 3 is 1.78 bits per heavy atom. The molecule has 1 saturated heterocycles. The van der Waals surface area contributed by atoms with E-state index in [1.165, 1.54) is 44.9 Å². The van der Waals surface area contributed by atoms with Crippen LogP contribution < -0.4 is 0 Å². The van der Waals surface area contributed by atoms with Gasteiger partial charge in [-0.3, -0.25) is 23.2 Å². The first-order valence-corrected chi connectivity index (χ1v) is 24.8. The summed E-state index contributed by atoms with van der Waals surface area (Å²) in [6, 6.07) is 0. The molecule has 14 nitrogen and oxygen atoms in total. The Bertz CT molecular complexity index is 1240. The van der Waals surface area contributed by atoms with Gasteiger partial charge in [-0.1, -0.05) is 127 Å². The fraction of sp³-hybridized carbons (Fsp3) is 0.810. The van der Waals surface area contributed by atoms with Gasteiger partial charge in [0.2, 0.25) is 0 Å². The third-order valence-corrected chi connectivity index (χ3v) is 10.9. The van der Waals surface area contributed by atoms with Crippen LogP contribution >= 0.6 is 15.6 Å². The number of carbonyl (C=O) groups is 2. The molecule has 58 heavy (non-hydrogen) atoms. The molecule has 3 unspecified atom stereocenters. The molecule has 0 aliphatic carbocycles. The van der Waals surface area contributed by atoms with E-state index in [-0.39, 0.29) is 12.8 Å². The van der Waals surface area contributed by atoms with E-state index < -0.39 is 66.2 Å². The van der Waals surface area contributed by atoms with Crippen LogP contribution in [0.4, 0.5) is 0 Å². The van der Waals surface area contributed by atoms with Gasteiger partial charge in [0.05, 0.1) is 32.0 Å². The number of carbonyl (C=O) groups excluding carboxylic acids is 2. The summed E-state index contributed by atoms with van der Waals surface area (Å²) in [6.07, 6.45) is 34.4. The zero-order chi connectivity index (χ0) is 42.7. The molecule has 0 bridgehead atoms. The number of hydrogen-bond acceptors (Lipinski definition) is 11. The Morgan fingerprint density at radius 2 is 1.12 bits per heavy atom. The summed E-state index contributed by atoms with van der Waals surface area (Å²) < 4.78 is 53.5. The molecule has 0 saturated carbocycles. The van der Waals surface area contributed by atoms with Gasteiger partial charge >= 0.3 is 27.6 Å². The number of esters is 2. The Morgan fingerprint density at radius 1 is 0.603 bits per heavy atom. The van der Waals surface area contributed by atoms with Crippen LogP contribution in [-0.4, -0.2) is 82.6 Å². The molecule has 1 aliphatic heterocycles. The highest BCUT2D eigenvalue weighted by atomic mass is 31.2. The number of epoxide rings is 1. The van der Waals surface area contributed by atoms with Crippen molar-refractivity contribution in [2.75, 3.05) is 26.4 Å². The first-order chi connectivity index (χ1) is 27.8. The molecule has 0 aromatic rings. The Hall–Kier alpha value is -1.70. The molecule has 0 spiro atoms. The van der Waals surface area contributed by atoms with Crippen molar-refractivity contribution in [2.45, 2.75) is 192 Å². The maximum Gasteiger partial charge on any atom is 0.472 e. The van der Waals surface area contributed by atoms with Gasteiger partial charge in [0.25, 0.3) is 0 Å². The molecule has 5 atom stereocenters. The van der Waals surface area contributed by atoms with Crippen molar-refractivity contribution >= 4 is 27.6 Å². The quantitative estimate of drug-likeness (QED) is 0.0113. The molecule has 0 aromatic carbocycles. The highest BCUT2D eigenvalue weighted by molar-refractivity contribution is 7.47. The van der Waals surface area contributed by atoms with E-state index >= 15 is 0 Å².